The molecule has 2 aromatic carbocycles. The Morgan fingerprint density at radius 3 is 2.39 bits per heavy atom. The second-order valence-corrected chi connectivity index (χ2v) is 8.35. The van der Waals surface area contributed by atoms with Gasteiger partial charge in [0.15, 0.2) is 0 Å². The molecule has 188 valence electrons. The molecule has 3 aromatic rings. The van der Waals surface area contributed by atoms with Gasteiger partial charge in [-0.1, -0.05) is 24.3 Å². The first-order valence-corrected chi connectivity index (χ1v) is 11.5. The van der Waals surface area contributed by atoms with Crippen LogP contribution in [0.25, 0.3) is 0 Å². The van der Waals surface area contributed by atoms with Crippen molar-refractivity contribution in [3.8, 4) is 5.75 Å². The van der Waals surface area contributed by atoms with Gasteiger partial charge in [0.25, 0.3) is 0 Å². The number of carbonyl (C=O) groups is 3. The van der Waals surface area contributed by atoms with Gasteiger partial charge in [0, 0.05) is 36.8 Å². The van der Waals surface area contributed by atoms with Crippen LogP contribution in [-0.2, 0) is 14.4 Å². The summed E-state index contributed by atoms with van der Waals surface area (Å²) in [6.45, 7) is 3.61. The average molecular weight is 493 g/mol. The van der Waals surface area contributed by atoms with Crippen LogP contribution in [0.3, 0.4) is 0 Å². The number of nitrogens with zero attached hydrogens (tertiary/aromatic N) is 2. The summed E-state index contributed by atoms with van der Waals surface area (Å²) in [6, 6.07) is 15.9. The van der Waals surface area contributed by atoms with Gasteiger partial charge in [-0.15, -0.1) is 0 Å². The van der Waals surface area contributed by atoms with Crippen LogP contribution in [-0.4, -0.2) is 35.9 Å². The molecular weight excluding hydrogens is 463 g/mol. The molecule has 0 saturated heterocycles. The number of ether oxygens (including phenoxy) is 1. The van der Waals surface area contributed by atoms with Crippen LogP contribution in [0.1, 0.15) is 38.3 Å². The summed E-state index contributed by atoms with van der Waals surface area (Å²) in [4.78, 5) is 44.8. The van der Waals surface area contributed by atoms with Gasteiger partial charge < -0.3 is 15.4 Å². The molecule has 0 aliphatic rings. The highest BCUT2D eigenvalue weighted by Crippen LogP contribution is 2.31. The van der Waals surface area contributed by atoms with E-state index in [9.17, 15) is 18.8 Å². The maximum absolute atomic E-state index is 13.7. The first-order chi connectivity index (χ1) is 17.3. The van der Waals surface area contributed by atoms with Crippen molar-refractivity contribution in [2.24, 2.45) is 0 Å². The number of amides is 3. The molecule has 0 radical (unpaired) electrons. The number of rotatable bonds is 10. The predicted molar refractivity (Wildman–Crippen MR) is 135 cm³/mol. The van der Waals surface area contributed by atoms with E-state index in [1.54, 1.807) is 62.5 Å². The zero-order chi connectivity index (χ0) is 26.1. The maximum atomic E-state index is 13.7. The number of nitrogens with one attached hydrogen (secondary N) is 2. The Labute approximate surface area is 209 Å². The standard InChI is InChI=1S/C27H29FN4O4/c1-18(2)30-27(35)26(19-10-12-20(28)13-11-19)32(21-7-6-8-22(17-21)36-3)25(34)15-14-24(33)31-23-9-4-5-16-29-23/h4-13,16-18,26H,14-15H2,1-3H3,(H,30,35)(H,29,31,33)/t26-/m1/s1. The second kappa shape index (κ2) is 12.4. The fraction of sp³-hybridized carbons (Fsp3) is 0.259. The monoisotopic (exact) mass is 492 g/mol. The first kappa shape index (κ1) is 26.3. The molecule has 0 saturated carbocycles. The second-order valence-electron chi connectivity index (χ2n) is 8.35. The Morgan fingerprint density at radius 1 is 1.00 bits per heavy atom. The lowest BCUT2D eigenvalue weighted by atomic mass is 10.0. The lowest BCUT2D eigenvalue weighted by molar-refractivity contribution is -0.127. The molecule has 0 bridgehead atoms. The molecule has 36 heavy (non-hydrogen) atoms. The summed E-state index contributed by atoms with van der Waals surface area (Å²) in [5, 5.41) is 5.49. The molecule has 3 rings (SSSR count). The molecule has 8 nitrogen and oxygen atoms in total. The minimum Gasteiger partial charge on any atom is -0.497 e. The number of halogens is 1. The van der Waals surface area contributed by atoms with Crippen LogP contribution in [0, 0.1) is 5.82 Å². The summed E-state index contributed by atoms with van der Waals surface area (Å²) in [6.07, 6.45) is 1.24. The van der Waals surface area contributed by atoms with E-state index >= 15 is 0 Å². The number of hydrogen-bond acceptors (Lipinski definition) is 5. The number of benzene rings is 2. The molecule has 0 aliphatic carbocycles. The lowest BCUT2D eigenvalue weighted by Gasteiger charge is -2.32. The van der Waals surface area contributed by atoms with Crippen molar-refractivity contribution in [2.75, 3.05) is 17.3 Å². The molecule has 0 spiro atoms. The third-order valence-corrected chi connectivity index (χ3v) is 5.22. The maximum Gasteiger partial charge on any atom is 0.248 e. The van der Waals surface area contributed by atoms with Gasteiger partial charge in [-0.3, -0.25) is 19.3 Å². The number of aromatic nitrogens is 1. The fourth-order valence-electron chi connectivity index (χ4n) is 3.61. The van der Waals surface area contributed by atoms with E-state index in [1.165, 1.54) is 36.3 Å². The SMILES string of the molecule is COc1cccc(N(C(=O)CCC(=O)Nc2ccccn2)[C@@H](C(=O)NC(C)C)c2ccc(F)cc2)c1. The highest BCUT2D eigenvalue weighted by atomic mass is 19.1. The summed E-state index contributed by atoms with van der Waals surface area (Å²) in [5.41, 5.74) is 0.821. The topological polar surface area (TPSA) is 101 Å². The van der Waals surface area contributed by atoms with Gasteiger partial charge >= 0.3 is 0 Å². The molecule has 9 heteroatoms. The Balaban J connectivity index is 1.95. The highest BCUT2D eigenvalue weighted by Gasteiger charge is 2.33. The lowest BCUT2D eigenvalue weighted by Crippen LogP contribution is -2.46. The van der Waals surface area contributed by atoms with E-state index in [0.717, 1.165) is 0 Å². The van der Waals surface area contributed by atoms with Crippen molar-refractivity contribution < 1.29 is 23.5 Å². The third-order valence-electron chi connectivity index (χ3n) is 5.22. The largest absolute Gasteiger partial charge is 0.497 e. The zero-order valence-corrected chi connectivity index (χ0v) is 20.4. The number of anilines is 2. The molecule has 0 unspecified atom stereocenters. The van der Waals surface area contributed by atoms with Crippen LogP contribution in [0.2, 0.25) is 0 Å². The van der Waals surface area contributed by atoms with Crippen molar-refractivity contribution in [1.82, 2.24) is 10.3 Å². The molecule has 0 fully saturated rings. The zero-order valence-electron chi connectivity index (χ0n) is 20.4. The summed E-state index contributed by atoms with van der Waals surface area (Å²) >= 11 is 0. The smallest absolute Gasteiger partial charge is 0.248 e. The van der Waals surface area contributed by atoms with E-state index in [-0.39, 0.29) is 18.9 Å². The van der Waals surface area contributed by atoms with Gasteiger partial charge in [-0.2, -0.15) is 0 Å². The van der Waals surface area contributed by atoms with Crippen LogP contribution in [0.15, 0.2) is 72.9 Å². The highest BCUT2D eigenvalue weighted by molar-refractivity contribution is 6.03. The Bertz CT molecular complexity index is 1190. The van der Waals surface area contributed by atoms with E-state index in [4.69, 9.17) is 4.74 Å². The molecule has 3 amide bonds. The molecular formula is C27H29FN4O4. The normalized spacial score (nSPS) is 11.5. The summed E-state index contributed by atoms with van der Waals surface area (Å²) < 4.78 is 19.0. The van der Waals surface area contributed by atoms with E-state index in [0.29, 0.717) is 22.8 Å². The van der Waals surface area contributed by atoms with Crippen molar-refractivity contribution in [3.63, 3.8) is 0 Å². The van der Waals surface area contributed by atoms with Gasteiger partial charge in [0.05, 0.1) is 7.11 Å². The van der Waals surface area contributed by atoms with E-state index in [1.807, 2.05) is 0 Å². The first-order valence-electron chi connectivity index (χ1n) is 11.5. The minimum atomic E-state index is -1.11. The van der Waals surface area contributed by atoms with Crippen LogP contribution >= 0.6 is 0 Å². The van der Waals surface area contributed by atoms with Crippen LogP contribution in [0.5, 0.6) is 5.75 Å². The Morgan fingerprint density at radius 2 is 1.75 bits per heavy atom. The molecule has 1 heterocycles. The number of hydrogen-bond donors (Lipinski definition) is 2. The average Bonchev–Trinajstić information content (AvgIpc) is 2.86. The van der Waals surface area contributed by atoms with Gasteiger partial charge in [0.1, 0.15) is 23.4 Å². The van der Waals surface area contributed by atoms with E-state index in [2.05, 4.69) is 15.6 Å². The fourth-order valence-corrected chi connectivity index (χ4v) is 3.61. The van der Waals surface area contributed by atoms with E-state index < -0.39 is 29.6 Å². The van der Waals surface area contributed by atoms with Crippen molar-refractivity contribution in [3.05, 3.63) is 84.3 Å². The summed E-state index contributed by atoms with van der Waals surface area (Å²) in [7, 11) is 1.50. The number of carbonyl (C=O) groups excluding carboxylic acids is 3. The Kier molecular flexibility index (Phi) is 9.10. The van der Waals surface area contributed by atoms with Crippen molar-refractivity contribution in [1.29, 1.82) is 0 Å². The third kappa shape index (κ3) is 7.11. The molecule has 1 atom stereocenters. The van der Waals surface area contributed by atoms with Gasteiger partial charge in [-0.25, -0.2) is 9.37 Å². The molecule has 2 N–H and O–H groups in total. The van der Waals surface area contributed by atoms with Gasteiger partial charge in [0.2, 0.25) is 17.7 Å². The van der Waals surface area contributed by atoms with Crippen LogP contribution < -0.4 is 20.3 Å². The van der Waals surface area contributed by atoms with Gasteiger partial charge in [-0.05, 0) is 55.8 Å². The summed E-state index contributed by atoms with van der Waals surface area (Å²) in [5.74, 6) is -0.899. The predicted octanol–water partition coefficient (Wildman–Crippen LogP) is 4.25. The number of methoxy groups -OCH3 is 1. The number of pyridine rings is 1. The molecule has 0 aliphatic heterocycles. The van der Waals surface area contributed by atoms with Crippen LogP contribution in [0.4, 0.5) is 15.9 Å². The van der Waals surface area contributed by atoms with Crippen molar-refractivity contribution in [2.45, 2.75) is 38.8 Å². The minimum absolute atomic E-state index is 0.127. The Hall–Kier alpha value is -4.27. The quantitative estimate of drug-likeness (QED) is 0.441. The molecule has 1 aromatic heterocycles. The van der Waals surface area contributed by atoms with Crippen molar-refractivity contribution >= 4 is 29.2 Å².